The number of H-pyrrole nitrogens is 1. The Bertz CT molecular complexity index is 1040. The van der Waals surface area contributed by atoms with Crippen LogP contribution in [-0.4, -0.2) is 30.0 Å². The zero-order chi connectivity index (χ0) is 16.1. The molecule has 0 amide bonds. The van der Waals surface area contributed by atoms with E-state index in [4.69, 9.17) is 0 Å². The number of imidazole rings is 1. The Morgan fingerprint density at radius 2 is 2.00 bits per heavy atom. The van der Waals surface area contributed by atoms with Gasteiger partial charge in [0.2, 0.25) is 0 Å². The van der Waals surface area contributed by atoms with Crippen LogP contribution in [0.3, 0.4) is 0 Å². The second-order valence-electron chi connectivity index (χ2n) is 5.09. The Morgan fingerprint density at radius 1 is 1.17 bits per heavy atom. The third kappa shape index (κ3) is 2.12. The van der Waals surface area contributed by atoms with Crippen molar-refractivity contribution < 1.29 is 13.2 Å². The quantitative estimate of drug-likeness (QED) is 0.616. The predicted molar refractivity (Wildman–Crippen MR) is 75.5 cm³/mol. The fourth-order valence-electron chi connectivity index (χ4n) is 2.47. The van der Waals surface area contributed by atoms with Gasteiger partial charge in [-0.2, -0.15) is 20.5 Å². The van der Waals surface area contributed by atoms with Gasteiger partial charge in [-0.05, 0) is 25.1 Å². The average Bonchev–Trinajstić information content (AvgIpc) is 3.10. The molecule has 6 nitrogen and oxygen atoms in total. The van der Waals surface area contributed by atoms with Crippen LogP contribution >= 0.6 is 0 Å². The standard InChI is InChI=1S/C14H9F3N6/c1-6-5-23-14(18-6)8(13(16)17)4-10(21-23)7-2-9(15)12-11(3-7)19-22-20-12/h2-5,13H,1H3,(H,19,20,22). The molecule has 0 unspecified atom stereocenters. The number of aryl methyl sites for hydroxylation is 1. The fourth-order valence-corrected chi connectivity index (χ4v) is 2.47. The maximum absolute atomic E-state index is 14.0. The Morgan fingerprint density at radius 3 is 2.78 bits per heavy atom. The molecular weight excluding hydrogens is 309 g/mol. The van der Waals surface area contributed by atoms with Crippen molar-refractivity contribution in [3.63, 3.8) is 0 Å². The van der Waals surface area contributed by atoms with Gasteiger partial charge in [-0.3, -0.25) is 0 Å². The summed E-state index contributed by atoms with van der Waals surface area (Å²) < 4.78 is 41.9. The molecule has 1 aromatic carbocycles. The fraction of sp³-hybridized carbons (Fsp3) is 0.143. The van der Waals surface area contributed by atoms with Crippen LogP contribution in [0.15, 0.2) is 24.4 Å². The lowest BCUT2D eigenvalue weighted by Crippen LogP contribution is -2.00. The molecule has 4 aromatic rings. The molecular formula is C14H9F3N6. The highest BCUT2D eigenvalue weighted by atomic mass is 19.3. The maximum atomic E-state index is 14.0. The molecule has 0 aliphatic carbocycles. The highest BCUT2D eigenvalue weighted by molar-refractivity contribution is 5.81. The minimum atomic E-state index is -2.72. The molecule has 9 heteroatoms. The summed E-state index contributed by atoms with van der Waals surface area (Å²) in [5, 5.41) is 14.1. The van der Waals surface area contributed by atoms with Crippen LogP contribution in [0.4, 0.5) is 13.2 Å². The van der Waals surface area contributed by atoms with Crippen molar-refractivity contribution in [2.45, 2.75) is 13.3 Å². The normalized spacial score (nSPS) is 11.9. The van der Waals surface area contributed by atoms with Gasteiger partial charge in [0.1, 0.15) is 11.0 Å². The summed E-state index contributed by atoms with van der Waals surface area (Å²) in [5.74, 6) is -0.603. The van der Waals surface area contributed by atoms with Crippen molar-refractivity contribution in [2.75, 3.05) is 0 Å². The first kappa shape index (κ1) is 13.7. The van der Waals surface area contributed by atoms with Crippen LogP contribution < -0.4 is 0 Å². The van der Waals surface area contributed by atoms with Gasteiger partial charge in [-0.1, -0.05) is 0 Å². The molecule has 0 spiro atoms. The lowest BCUT2D eigenvalue weighted by molar-refractivity contribution is 0.152. The average molecular weight is 318 g/mol. The number of hydrogen-bond donors (Lipinski definition) is 1. The van der Waals surface area contributed by atoms with E-state index in [0.29, 0.717) is 16.8 Å². The van der Waals surface area contributed by atoms with E-state index in [2.05, 4.69) is 25.5 Å². The molecule has 116 valence electrons. The van der Waals surface area contributed by atoms with Crippen molar-refractivity contribution in [2.24, 2.45) is 0 Å². The van der Waals surface area contributed by atoms with E-state index in [-0.39, 0.29) is 22.4 Å². The van der Waals surface area contributed by atoms with Gasteiger partial charge < -0.3 is 0 Å². The predicted octanol–water partition coefficient (Wildman–Crippen LogP) is 3.05. The number of nitrogens with one attached hydrogen (secondary N) is 1. The SMILES string of the molecule is Cc1cn2nc(-c3cc(F)c4n[nH]nc4c3)cc(C(F)F)c2n1. The summed E-state index contributed by atoms with van der Waals surface area (Å²) in [7, 11) is 0. The van der Waals surface area contributed by atoms with Crippen LogP contribution in [0.5, 0.6) is 0 Å². The van der Waals surface area contributed by atoms with E-state index in [9.17, 15) is 13.2 Å². The first-order chi connectivity index (χ1) is 11.0. The molecule has 0 bridgehead atoms. The summed E-state index contributed by atoms with van der Waals surface area (Å²) in [6, 6.07) is 3.94. The molecule has 3 aromatic heterocycles. The van der Waals surface area contributed by atoms with Gasteiger partial charge in [0.25, 0.3) is 6.43 Å². The molecule has 1 N–H and O–H groups in total. The van der Waals surface area contributed by atoms with E-state index in [1.54, 1.807) is 6.92 Å². The van der Waals surface area contributed by atoms with Crippen LogP contribution in [0.1, 0.15) is 17.7 Å². The summed E-state index contributed by atoms with van der Waals surface area (Å²) in [5.41, 5.74) is 1.31. The van der Waals surface area contributed by atoms with Crippen LogP contribution in [-0.2, 0) is 0 Å². The number of alkyl halides is 2. The van der Waals surface area contributed by atoms with Crippen molar-refractivity contribution in [1.29, 1.82) is 0 Å². The van der Waals surface area contributed by atoms with Crippen molar-refractivity contribution in [1.82, 2.24) is 30.0 Å². The van der Waals surface area contributed by atoms with Gasteiger partial charge in [0.05, 0.1) is 23.1 Å². The molecule has 0 saturated heterocycles. The summed E-state index contributed by atoms with van der Waals surface area (Å²) >= 11 is 0. The Hall–Kier alpha value is -2.97. The molecule has 0 fully saturated rings. The monoisotopic (exact) mass is 318 g/mol. The number of rotatable bonds is 2. The molecule has 0 aliphatic rings. The topological polar surface area (TPSA) is 71.8 Å². The lowest BCUT2D eigenvalue weighted by Gasteiger charge is -2.07. The van der Waals surface area contributed by atoms with Gasteiger partial charge >= 0.3 is 0 Å². The maximum Gasteiger partial charge on any atom is 0.267 e. The number of hydrogen-bond acceptors (Lipinski definition) is 4. The van der Waals surface area contributed by atoms with Gasteiger partial charge in [-0.25, -0.2) is 22.7 Å². The van der Waals surface area contributed by atoms with E-state index >= 15 is 0 Å². The Labute approximate surface area is 127 Å². The number of aromatic nitrogens is 6. The Kier molecular flexibility index (Phi) is 2.83. The number of halogens is 3. The third-order valence-corrected chi connectivity index (χ3v) is 3.48. The minimum Gasteiger partial charge on any atom is -0.232 e. The third-order valence-electron chi connectivity index (χ3n) is 3.48. The van der Waals surface area contributed by atoms with E-state index in [0.717, 1.165) is 0 Å². The zero-order valence-corrected chi connectivity index (χ0v) is 11.8. The molecule has 23 heavy (non-hydrogen) atoms. The number of fused-ring (bicyclic) bond motifs is 2. The molecule has 3 heterocycles. The number of nitrogens with zero attached hydrogens (tertiary/aromatic N) is 5. The lowest BCUT2D eigenvalue weighted by atomic mass is 10.1. The van der Waals surface area contributed by atoms with Crippen LogP contribution in [0, 0.1) is 12.7 Å². The first-order valence-corrected chi connectivity index (χ1v) is 6.68. The molecule has 4 rings (SSSR count). The number of aromatic amines is 1. The smallest absolute Gasteiger partial charge is 0.232 e. The summed E-state index contributed by atoms with van der Waals surface area (Å²) in [6.07, 6.45) is -1.18. The second kappa shape index (κ2) is 4.77. The number of benzene rings is 1. The van der Waals surface area contributed by atoms with Crippen molar-refractivity contribution in [3.05, 3.63) is 41.5 Å². The van der Waals surface area contributed by atoms with Crippen LogP contribution in [0.2, 0.25) is 0 Å². The molecule has 0 radical (unpaired) electrons. The van der Waals surface area contributed by atoms with Crippen LogP contribution in [0.25, 0.3) is 27.9 Å². The summed E-state index contributed by atoms with van der Waals surface area (Å²) in [6.45, 7) is 1.69. The van der Waals surface area contributed by atoms with Crippen molar-refractivity contribution >= 4 is 16.7 Å². The largest absolute Gasteiger partial charge is 0.267 e. The molecule has 0 aliphatic heterocycles. The zero-order valence-electron chi connectivity index (χ0n) is 11.8. The van der Waals surface area contributed by atoms with E-state index < -0.39 is 12.2 Å². The van der Waals surface area contributed by atoms with Crippen molar-refractivity contribution in [3.8, 4) is 11.3 Å². The molecule has 0 atom stereocenters. The van der Waals surface area contributed by atoms with E-state index in [1.807, 2.05) is 0 Å². The van der Waals surface area contributed by atoms with Gasteiger partial charge in [0.15, 0.2) is 11.5 Å². The Balaban J connectivity index is 1.99. The highest BCUT2D eigenvalue weighted by Gasteiger charge is 2.18. The highest BCUT2D eigenvalue weighted by Crippen LogP contribution is 2.29. The second-order valence-corrected chi connectivity index (χ2v) is 5.09. The van der Waals surface area contributed by atoms with Gasteiger partial charge in [-0.15, -0.1) is 0 Å². The minimum absolute atomic E-state index is 0.0855. The first-order valence-electron chi connectivity index (χ1n) is 6.68. The molecule has 0 saturated carbocycles. The summed E-state index contributed by atoms with van der Waals surface area (Å²) in [4.78, 5) is 4.05. The van der Waals surface area contributed by atoms with E-state index in [1.165, 1.54) is 28.9 Å². The van der Waals surface area contributed by atoms with Gasteiger partial charge in [0, 0.05) is 5.56 Å².